The molecule has 4 atom stereocenters. The van der Waals surface area contributed by atoms with Crippen molar-refractivity contribution in [3.8, 4) is 0 Å². The third kappa shape index (κ3) is 2.47. The van der Waals surface area contributed by atoms with Crippen molar-refractivity contribution in [2.24, 2.45) is 11.8 Å². The van der Waals surface area contributed by atoms with E-state index in [1.165, 1.54) is 0 Å². The topological polar surface area (TPSA) is 98.8 Å². The number of hydrogen-bond acceptors (Lipinski definition) is 6. The maximum absolute atomic E-state index is 12.3. The van der Waals surface area contributed by atoms with E-state index in [1.54, 1.807) is 6.33 Å². The molecule has 0 bridgehead atoms. The van der Waals surface area contributed by atoms with Gasteiger partial charge in [-0.05, 0) is 17.9 Å². The van der Waals surface area contributed by atoms with Crippen LogP contribution in [-0.2, 0) is 0 Å². The van der Waals surface area contributed by atoms with Crippen LogP contribution in [0.1, 0.15) is 5.69 Å². The molecule has 3 N–H and O–H groups in total. The van der Waals surface area contributed by atoms with Crippen LogP contribution >= 0.6 is 0 Å². The van der Waals surface area contributed by atoms with E-state index in [9.17, 15) is 4.79 Å². The fourth-order valence-corrected chi connectivity index (χ4v) is 5.18. The lowest BCUT2D eigenvalue weighted by molar-refractivity contribution is -0.818. The Morgan fingerprint density at radius 3 is 2.76 bits per heavy atom. The first-order valence-corrected chi connectivity index (χ1v) is 10.2. The number of likely N-dealkylation sites (N-methyl/N-ethyl adjacent to an activating group) is 1. The molecular formula is C20H25N8O+. The Labute approximate surface area is 168 Å². The minimum Gasteiger partial charge on any atom is -0.341 e. The number of carbonyl (C=O) groups excluding carboxylic acids is 1. The van der Waals surface area contributed by atoms with Crippen LogP contribution in [0.5, 0.6) is 0 Å². The van der Waals surface area contributed by atoms with Gasteiger partial charge in [0.15, 0.2) is 5.65 Å². The van der Waals surface area contributed by atoms with Crippen molar-refractivity contribution in [1.29, 1.82) is 0 Å². The van der Waals surface area contributed by atoms with Gasteiger partial charge < -0.3 is 15.2 Å². The molecule has 9 heteroatoms. The Kier molecular flexibility index (Phi) is 3.46. The summed E-state index contributed by atoms with van der Waals surface area (Å²) >= 11 is 0. The summed E-state index contributed by atoms with van der Waals surface area (Å²) in [5.74, 6) is 2.08. The highest BCUT2D eigenvalue weighted by molar-refractivity contribution is 5.90. The van der Waals surface area contributed by atoms with Crippen LogP contribution < -0.4 is 15.5 Å². The van der Waals surface area contributed by atoms with Gasteiger partial charge in [-0.25, -0.2) is 19.2 Å². The Hall–Kier alpha value is -2.78. The maximum atomic E-state index is 12.3. The number of amides is 2. The van der Waals surface area contributed by atoms with E-state index in [-0.39, 0.29) is 22.6 Å². The number of quaternary nitrogens is 1. The largest absolute Gasteiger partial charge is 0.417 e. The van der Waals surface area contributed by atoms with Gasteiger partial charge in [-0.1, -0.05) is 12.2 Å². The average Bonchev–Trinajstić information content (AvgIpc) is 3.45. The summed E-state index contributed by atoms with van der Waals surface area (Å²) in [4.78, 5) is 32.0. The number of imidazole rings is 1. The minimum atomic E-state index is 0.0188. The Morgan fingerprint density at radius 1 is 1.17 bits per heavy atom. The number of carbonyl (C=O) groups is 1. The smallest absolute Gasteiger partial charge is 0.341 e. The van der Waals surface area contributed by atoms with Crippen molar-refractivity contribution in [3.63, 3.8) is 0 Å². The van der Waals surface area contributed by atoms with Gasteiger partial charge in [0.05, 0.1) is 20.4 Å². The maximum Gasteiger partial charge on any atom is 0.417 e. The van der Waals surface area contributed by atoms with E-state index in [1.807, 2.05) is 14.1 Å². The number of rotatable bonds is 2. The second-order valence-corrected chi connectivity index (χ2v) is 9.04. The first kappa shape index (κ1) is 17.1. The highest BCUT2D eigenvalue weighted by Crippen LogP contribution is 2.34. The van der Waals surface area contributed by atoms with E-state index in [0.717, 1.165) is 48.9 Å². The lowest BCUT2D eigenvalue weighted by atomic mass is 9.95. The molecule has 3 saturated heterocycles. The van der Waals surface area contributed by atoms with E-state index in [0.29, 0.717) is 17.5 Å². The number of nitrogens with one attached hydrogen (secondary N) is 3. The summed E-state index contributed by atoms with van der Waals surface area (Å²) in [5.41, 5.74) is 3.39. The predicted octanol–water partition coefficient (Wildman–Crippen LogP) is 0.499. The van der Waals surface area contributed by atoms with Crippen molar-refractivity contribution in [2.45, 2.75) is 12.1 Å². The standard InChI is InChI=1S/C20H24N8O/c1-28(2)15-5-11(3-4-14(15)24-20(28)29)16-17-18(23-10-22-17)26-19(25-16)27-8-12-6-21-7-13(12)9-27/h3-5,10,12-15,21H,6-9H2,1-2H3,(H-,22,23,24,25,26,29)/p+1. The molecule has 150 valence electrons. The van der Waals surface area contributed by atoms with Crippen LogP contribution in [0.4, 0.5) is 10.7 Å². The van der Waals surface area contributed by atoms with Crippen molar-refractivity contribution < 1.29 is 9.28 Å². The molecule has 0 spiro atoms. The van der Waals surface area contributed by atoms with Gasteiger partial charge in [-0.2, -0.15) is 4.98 Å². The molecule has 6 rings (SSSR count). The molecule has 2 aromatic rings. The number of fused-ring (bicyclic) bond motifs is 3. The SMILES string of the molecule is C[N+]1(C)C(=O)NC2C=CC(c3nc(N4CC5CNCC5C4)nc4nc[nH]c34)=CC21. The van der Waals surface area contributed by atoms with Gasteiger partial charge >= 0.3 is 6.03 Å². The zero-order chi connectivity index (χ0) is 19.8. The molecule has 1 aliphatic carbocycles. The van der Waals surface area contributed by atoms with E-state index < -0.39 is 0 Å². The first-order valence-electron chi connectivity index (χ1n) is 10.2. The minimum absolute atomic E-state index is 0.0188. The van der Waals surface area contributed by atoms with Gasteiger partial charge in [0, 0.05) is 31.8 Å². The van der Waals surface area contributed by atoms with Crippen molar-refractivity contribution >= 4 is 28.7 Å². The second kappa shape index (κ2) is 5.87. The first-order chi connectivity index (χ1) is 14.0. The van der Waals surface area contributed by atoms with Crippen LogP contribution in [0.3, 0.4) is 0 Å². The Morgan fingerprint density at radius 2 is 1.97 bits per heavy atom. The number of hydrogen-bond donors (Lipinski definition) is 3. The lowest BCUT2D eigenvalue weighted by Crippen LogP contribution is -2.48. The molecule has 9 nitrogen and oxygen atoms in total. The molecule has 3 fully saturated rings. The normalized spacial score (nSPS) is 32.4. The van der Waals surface area contributed by atoms with Crippen LogP contribution in [0, 0.1) is 11.8 Å². The Bertz CT molecular complexity index is 1060. The van der Waals surface area contributed by atoms with Crippen molar-refractivity contribution in [3.05, 3.63) is 30.2 Å². The third-order valence-corrected chi connectivity index (χ3v) is 6.98. The fourth-order valence-electron chi connectivity index (χ4n) is 5.18. The zero-order valence-electron chi connectivity index (χ0n) is 16.6. The summed E-state index contributed by atoms with van der Waals surface area (Å²) in [7, 11) is 3.89. The number of H-pyrrole nitrogens is 1. The number of anilines is 1. The second-order valence-electron chi connectivity index (χ2n) is 9.04. The molecule has 29 heavy (non-hydrogen) atoms. The van der Waals surface area contributed by atoms with Gasteiger partial charge in [-0.15, -0.1) is 0 Å². The van der Waals surface area contributed by atoms with Crippen LogP contribution in [0.2, 0.25) is 0 Å². The van der Waals surface area contributed by atoms with Gasteiger partial charge in [0.2, 0.25) is 5.95 Å². The van der Waals surface area contributed by atoms with Gasteiger partial charge in [-0.3, -0.25) is 5.32 Å². The molecule has 2 amide bonds. The van der Waals surface area contributed by atoms with Gasteiger partial charge in [0.25, 0.3) is 0 Å². The third-order valence-electron chi connectivity index (χ3n) is 6.98. The highest BCUT2D eigenvalue weighted by atomic mass is 16.2. The molecule has 2 aromatic heterocycles. The number of nitrogens with zero attached hydrogens (tertiary/aromatic N) is 5. The number of urea groups is 1. The summed E-state index contributed by atoms with van der Waals surface area (Å²) in [6.45, 7) is 4.11. The summed E-state index contributed by atoms with van der Waals surface area (Å²) in [6.07, 6.45) is 7.96. The molecule has 5 heterocycles. The molecule has 4 unspecified atom stereocenters. The Balaban J connectivity index is 1.42. The molecule has 0 aromatic carbocycles. The summed E-state index contributed by atoms with van der Waals surface area (Å²) < 4.78 is 0.283. The zero-order valence-corrected chi connectivity index (χ0v) is 16.6. The molecule has 3 aliphatic heterocycles. The number of allylic oxidation sites excluding steroid dienone is 2. The van der Waals surface area contributed by atoms with Crippen molar-refractivity contribution in [2.75, 3.05) is 45.2 Å². The summed E-state index contributed by atoms with van der Waals surface area (Å²) in [5, 5.41) is 6.54. The summed E-state index contributed by atoms with van der Waals surface area (Å²) in [6, 6.07) is 0.0933. The van der Waals surface area contributed by atoms with E-state index in [4.69, 9.17) is 9.97 Å². The number of aromatic nitrogens is 4. The number of aromatic amines is 1. The highest BCUT2D eigenvalue weighted by Gasteiger charge is 2.49. The van der Waals surface area contributed by atoms with Crippen molar-refractivity contribution in [1.82, 2.24) is 30.6 Å². The van der Waals surface area contributed by atoms with E-state index in [2.05, 4.69) is 43.7 Å². The molecule has 0 radical (unpaired) electrons. The van der Waals surface area contributed by atoms with Crippen LogP contribution in [0.25, 0.3) is 16.7 Å². The van der Waals surface area contributed by atoms with E-state index >= 15 is 0 Å². The fraction of sp³-hybridized carbons (Fsp3) is 0.500. The molecular weight excluding hydrogens is 368 g/mol. The van der Waals surface area contributed by atoms with Crippen LogP contribution in [0.15, 0.2) is 24.6 Å². The van der Waals surface area contributed by atoms with Gasteiger partial charge in [0.1, 0.15) is 23.3 Å². The quantitative estimate of drug-likeness (QED) is 0.643. The molecule has 0 saturated carbocycles. The lowest BCUT2D eigenvalue weighted by Gasteiger charge is -2.28. The predicted molar refractivity (Wildman–Crippen MR) is 109 cm³/mol. The monoisotopic (exact) mass is 393 g/mol. The average molecular weight is 393 g/mol. The molecule has 4 aliphatic rings. The van der Waals surface area contributed by atoms with Crippen LogP contribution in [-0.4, -0.2) is 82.8 Å².